The molecule has 0 radical (unpaired) electrons. The number of aliphatic hydroxyl groups excluding tert-OH is 2. The zero-order valence-electron chi connectivity index (χ0n) is 30.5. The molecule has 296 valence electrons. The summed E-state index contributed by atoms with van der Waals surface area (Å²) in [5.41, 5.74) is -1.65. The topological polar surface area (TPSA) is 244 Å². The highest BCUT2D eigenvalue weighted by Crippen LogP contribution is 2.42. The first-order chi connectivity index (χ1) is 25.1. The van der Waals surface area contributed by atoms with Crippen LogP contribution in [0, 0.1) is 5.82 Å². The van der Waals surface area contributed by atoms with Gasteiger partial charge in [0.1, 0.15) is 24.4 Å². The fourth-order valence-electron chi connectivity index (χ4n) is 5.80. The van der Waals surface area contributed by atoms with Gasteiger partial charge in [-0.25, -0.2) is 23.6 Å². The summed E-state index contributed by atoms with van der Waals surface area (Å²) in [6.07, 6.45) is -1.16. The van der Waals surface area contributed by atoms with Gasteiger partial charge in [0.25, 0.3) is 0 Å². The molecule has 3 aliphatic heterocycles. The Balaban J connectivity index is 0.000000238. The van der Waals surface area contributed by atoms with Gasteiger partial charge >= 0.3 is 23.6 Å². The number of halogens is 1. The number of aromatic nitrogens is 4. The molecule has 5 rings (SSSR count). The van der Waals surface area contributed by atoms with Crippen LogP contribution < -0.4 is 22.0 Å². The van der Waals surface area contributed by atoms with Crippen molar-refractivity contribution in [2.45, 2.75) is 135 Å². The molecular weight excluding hydrogens is 707 g/mol. The standard InChI is InChI=1S/C18H26FN3O6.C15H23N3O7/c1-5-6-7-8-25-17(24)21-14-11(19)9-22(16(23)20-14)15-13-12(10(2)26-15)27-18(3,4)28-13;1-3-4-5-6-24-15(23)17-12-9(19)7-18(14(22)16-12)13-11(21)10(20)8(2)25-13/h9-10,12-13,15H,5-8H2,1-4H3,(H,20,21,23,24);7-8,10-11,13,19-21H,3-6H2,1-2H3,(H,16,17,22,23)/t10-,12-,13?,15-;8-,10-,11?,13-/m11/s1. The van der Waals surface area contributed by atoms with E-state index in [1.54, 1.807) is 20.8 Å². The van der Waals surface area contributed by atoms with Crippen LogP contribution in [-0.4, -0.2) is 102 Å². The zero-order valence-corrected chi connectivity index (χ0v) is 30.5. The zero-order chi connectivity index (χ0) is 39.0. The lowest BCUT2D eigenvalue weighted by molar-refractivity contribution is -0.195. The number of fused-ring (bicyclic) bond motifs is 1. The Morgan fingerprint density at radius 1 is 0.811 bits per heavy atom. The average molecular weight is 757 g/mol. The minimum atomic E-state index is -1.35. The van der Waals surface area contributed by atoms with Crippen LogP contribution in [0.5, 0.6) is 5.75 Å². The Bertz CT molecular complexity index is 1690. The Kier molecular flexibility index (Phi) is 14.3. The Hall–Kier alpha value is -4.21. The van der Waals surface area contributed by atoms with E-state index in [-0.39, 0.29) is 31.2 Å². The highest BCUT2D eigenvalue weighted by molar-refractivity contribution is 5.85. The molecule has 2 aromatic heterocycles. The molecule has 0 spiro atoms. The number of amides is 2. The molecule has 2 unspecified atom stereocenters. The number of hydrogen-bond acceptors (Lipinski definition) is 15. The van der Waals surface area contributed by atoms with Crippen molar-refractivity contribution >= 4 is 23.8 Å². The molecule has 53 heavy (non-hydrogen) atoms. The van der Waals surface area contributed by atoms with Crippen LogP contribution in [0.4, 0.5) is 25.6 Å². The van der Waals surface area contributed by atoms with Crippen molar-refractivity contribution in [2.75, 3.05) is 23.8 Å². The number of aliphatic hydroxyl groups is 2. The third-order valence-corrected chi connectivity index (χ3v) is 8.53. The first-order valence-corrected chi connectivity index (χ1v) is 17.6. The molecule has 2 aromatic rings. The fraction of sp³-hybridized carbons (Fsp3) is 0.697. The van der Waals surface area contributed by atoms with Crippen LogP contribution in [0.1, 0.15) is 92.5 Å². The Morgan fingerprint density at radius 3 is 1.87 bits per heavy atom. The Morgan fingerprint density at radius 2 is 1.32 bits per heavy atom. The van der Waals surface area contributed by atoms with Gasteiger partial charge in [-0.15, -0.1) is 0 Å². The van der Waals surface area contributed by atoms with E-state index in [9.17, 15) is 38.9 Å². The van der Waals surface area contributed by atoms with Crippen LogP contribution in [0.2, 0.25) is 0 Å². The minimum Gasteiger partial charge on any atom is -0.503 e. The van der Waals surface area contributed by atoms with Gasteiger partial charge < -0.3 is 43.7 Å². The molecule has 19 nitrogen and oxygen atoms in total. The maximum Gasteiger partial charge on any atom is 0.412 e. The van der Waals surface area contributed by atoms with E-state index < -0.39 is 83.6 Å². The second-order valence-electron chi connectivity index (χ2n) is 13.2. The summed E-state index contributed by atoms with van der Waals surface area (Å²) in [5.74, 6) is -3.07. The highest BCUT2D eigenvalue weighted by Gasteiger charge is 2.54. The monoisotopic (exact) mass is 756 g/mol. The SMILES string of the molecule is CCCCCOC(=O)Nc1nc(=O)n([C@@H]2O[C@H](C)[C@@H](O)C2O)cc1O.CCCCCOC(=O)Nc1nc(=O)n([C@@H]2O[C@H](C)[C@H]3OC(C)(C)OC23)cc1F. The van der Waals surface area contributed by atoms with Crippen molar-refractivity contribution < 1.29 is 57.7 Å². The van der Waals surface area contributed by atoms with Crippen LogP contribution in [0.3, 0.4) is 0 Å². The predicted molar refractivity (Wildman–Crippen MR) is 183 cm³/mol. The van der Waals surface area contributed by atoms with Crippen molar-refractivity contribution in [1.82, 2.24) is 19.1 Å². The first kappa shape index (κ1) is 41.5. The smallest absolute Gasteiger partial charge is 0.412 e. The summed E-state index contributed by atoms with van der Waals surface area (Å²) in [7, 11) is 0. The van der Waals surface area contributed by atoms with E-state index in [2.05, 4.69) is 20.6 Å². The predicted octanol–water partition coefficient (Wildman–Crippen LogP) is 2.89. The number of anilines is 2. The minimum absolute atomic E-state index is 0.211. The molecule has 0 bridgehead atoms. The van der Waals surface area contributed by atoms with Crippen molar-refractivity contribution in [1.29, 1.82) is 0 Å². The second-order valence-corrected chi connectivity index (χ2v) is 13.2. The van der Waals surface area contributed by atoms with E-state index >= 15 is 0 Å². The summed E-state index contributed by atoms with van der Waals surface area (Å²) in [6, 6.07) is 0. The number of unbranched alkanes of at least 4 members (excludes halogenated alkanes) is 4. The summed E-state index contributed by atoms with van der Waals surface area (Å²) < 4.78 is 48.8. The number of aromatic hydroxyl groups is 1. The molecule has 3 saturated heterocycles. The maximum atomic E-state index is 14.5. The second kappa shape index (κ2) is 18.2. The van der Waals surface area contributed by atoms with Gasteiger partial charge in [0.15, 0.2) is 41.4 Å². The van der Waals surface area contributed by atoms with E-state index in [1.165, 1.54) is 6.92 Å². The number of nitrogens with one attached hydrogen (secondary N) is 2. The molecule has 5 heterocycles. The van der Waals surface area contributed by atoms with E-state index in [4.69, 9.17) is 28.4 Å². The van der Waals surface area contributed by atoms with E-state index in [0.717, 1.165) is 47.2 Å². The summed E-state index contributed by atoms with van der Waals surface area (Å²) in [4.78, 5) is 55.1. The lowest BCUT2D eigenvalue weighted by Crippen LogP contribution is -2.36. The normalized spacial score (nSPS) is 27.0. The summed E-state index contributed by atoms with van der Waals surface area (Å²) in [6.45, 7) is 11.3. The molecular formula is C33H49FN6O13. The first-order valence-electron chi connectivity index (χ1n) is 17.6. The van der Waals surface area contributed by atoms with Gasteiger partial charge in [0.05, 0.1) is 37.8 Å². The molecule has 0 saturated carbocycles. The molecule has 20 heteroatoms. The van der Waals surface area contributed by atoms with Gasteiger partial charge in [-0.05, 0) is 40.5 Å². The number of rotatable bonds is 12. The van der Waals surface area contributed by atoms with Crippen molar-refractivity contribution in [3.05, 3.63) is 39.2 Å². The lowest BCUT2D eigenvalue weighted by atomic mass is 10.1. The molecule has 5 N–H and O–H groups in total. The third-order valence-electron chi connectivity index (χ3n) is 8.53. The molecule has 2 amide bonds. The molecule has 0 aliphatic carbocycles. The van der Waals surface area contributed by atoms with Gasteiger partial charge in [0, 0.05) is 0 Å². The van der Waals surface area contributed by atoms with Crippen molar-refractivity contribution in [2.24, 2.45) is 0 Å². The van der Waals surface area contributed by atoms with Crippen LogP contribution >= 0.6 is 0 Å². The lowest BCUT2D eigenvalue weighted by Gasteiger charge is -2.24. The van der Waals surface area contributed by atoms with Gasteiger partial charge in [-0.3, -0.25) is 19.8 Å². The largest absolute Gasteiger partial charge is 0.503 e. The Labute approximate surface area is 304 Å². The van der Waals surface area contributed by atoms with E-state index in [0.29, 0.717) is 12.8 Å². The number of ether oxygens (including phenoxy) is 6. The van der Waals surface area contributed by atoms with E-state index in [1.807, 2.05) is 13.8 Å². The van der Waals surface area contributed by atoms with Crippen LogP contribution in [-0.2, 0) is 28.4 Å². The maximum absolute atomic E-state index is 14.5. The van der Waals surface area contributed by atoms with Gasteiger partial charge in [-0.2, -0.15) is 9.97 Å². The molecule has 3 fully saturated rings. The number of carbonyl (C=O) groups excluding carboxylic acids is 2. The molecule has 8 atom stereocenters. The average Bonchev–Trinajstić information content (AvgIpc) is 3.67. The van der Waals surface area contributed by atoms with Crippen molar-refractivity contribution in [3.8, 4) is 5.75 Å². The van der Waals surface area contributed by atoms with Crippen LogP contribution in [0.25, 0.3) is 0 Å². The number of carbonyl (C=O) groups is 2. The van der Waals surface area contributed by atoms with Crippen LogP contribution in [0.15, 0.2) is 22.0 Å². The molecule has 0 aromatic carbocycles. The van der Waals surface area contributed by atoms with Gasteiger partial charge in [-0.1, -0.05) is 39.5 Å². The molecule has 3 aliphatic rings. The quantitative estimate of drug-likeness (QED) is 0.196. The number of hydrogen-bond donors (Lipinski definition) is 5. The third kappa shape index (κ3) is 10.5. The summed E-state index contributed by atoms with van der Waals surface area (Å²) >= 11 is 0. The highest BCUT2D eigenvalue weighted by atomic mass is 19.1. The fourth-order valence-corrected chi connectivity index (χ4v) is 5.80. The van der Waals surface area contributed by atoms with Gasteiger partial charge in [0.2, 0.25) is 0 Å². The number of nitrogens with zero attached hydrogens (tertiary/aromatic N) is 4. The summed E-state index contributed by atoms with van der Waals surface area (Å²) in [5, 5.41) is 33.9. The van der Waals surface area contributed by atoms with Crippen molar-refractivity contribution in [3.63, 3.8) is 0 Å².